The molecule has 0 spiro atoms. The summed E-state index contributed by atoms with van der Waals surface area (Å²) in [6.45, 7) is 3.44. The van der Waals surface area contributed by atoms with Gasteiger partial charge in [-0.25, -0.2) is 4.98 Å². The van der Waals surface area contributed by atoms with Crippen LogP contribution in [0.15, 0.2) is 54.9 Å². The van der Waals surface area contributed by atoms with Crippen LogP contribution >= 0.6 is 23.2 Å². The van der Waals surface area contributed by atoms with Crippen LogP contribution in [-0.4, -0.2) is 59.0 Å². The van der Waals surface area contributed by atoms with Crippen molar-refractivity contribution < 1.29 is 9.90 Å². The van der Waals surface area contributed by atoms with E-state index in [0.29, 0.717) is 17.3 Å². The number of nitrogens with zero attached hydrogens (tertiary/aromatic N) is 4. The van der Waals surface area contributed by atoms with Crippen LogP contribution in [0.3, 0.4) is 0 Å². The molecule has 1 aliphatic rings. The number of aromatic nitrogens is 2. The number of hydrogen-bond donors (Lipinski definition) is 2. The Morgan fingerprint density at radius 1 is 1.05 bits per heavy atom. The first-order chi connectivity index (χ1) is 17.7. The van der Waals surface area contributed by atoms with Crippen molar-refractivity contribution in [1.82, 2.24) is 14.9 Å². The second-order valence-electron chi connectivity index (χ2n) is 9.51. The summed E-state index contributed by atoms with van der Waals surface area (Å²) in [4.78, 5) is 26.3. The molecule has 1 saturated heterocycles. The Balaban J connectivity index is 1.51. The Morgan fingerprint density at radius 3 is 2.43 bits per heavy atom. The van der Waals surface area contributed by atoms with Crippen LogP contribution in [0.2, 0.25) is 10.0 Å². The van der Waals surface area contributed by atoms with E-state index in [1.807, 2.05) is 30.3 Å². The quantitative estimate of drug-likeness (QED) is 0.276. The van der Waals surface area contributed by atoms with E-state index in [2.05, 4.69) is 39.2 Å². The first-order valence-electron chi connectivity index (χ1n) is 12.0. The molecule has 2 aromatic heterocycles. The van der Waals surface area contributed by atoms with Gasteiger partial charge in [-0.05, 0) is 75.0 Å². The van der Waals surface area contributed by atoms with Gasteiger partial charge in [0.15, 0.2) is 11.5 Å². The number of halogens is 2. The molecule has 0 saturated carbocycles. The Kier molecular flexibility index (Phi) is 6.94. The van der Waals surface area contributed by atoms with Crippen molar-refractivity contribution in [3.8, 4) is 16.9 Å². The molecule has 1 atom stereocenters. The standard InChI is InChI=1S/C28H27Cl2N5O2/c1-16(36)22-14-31-25-6-4-17(18-11-23(29)28(37)24(30)12-18)10-21(25)27(22)33-19-5-7-26(32-13-19)35-9-8-20(15-35)34(2)3/h4-7,10-14,20,37H,8-9,15H2,1-3H3,(H,31,33). The normalized spacial score (nSPS) is 15.5. The summed E-state index contributed by atoms with van der Waals surface area (Å²) >= 11 is 12.3. The Morgan fingerprint density at radius 2 is 1.81 bits per heavy atom. The summed E-state index contributed by atoms with van der Waals surface area (Å²) < 4.78 is 0. The number of pyridine rings is 2. The number of phenolic OH excluding ortho intramolecular Hbond substituents is 1. The molecule has 190 valence electrons. The van der Waals surface area contributed by atoms with Gasteiger partial charge in [0.1, 0.15) is 5.82 Å². The molecule has 4 aromatic rings. The zero-order valence-electron chi connectivity index (χ0n) is 20.8. The number of ketones is 1. The number of Topliss-reactive ketones (excluding diaryl/α,β-unsaturated/α-hetero) is 1. The van der Waals surface area contributed by atoms with Gasteiger partial charge in [-0.15, -0.1) is 0 Å². The minimum Gasteiger partial charge on any atom is -0.505 e. The molecular weight excluding hydrogens is 509 g/mol. The van der Waals surface area contributed by atoms with Gasteiger partial charge in [0.2, 0.25) is 0 Å². The molecule has 2 N–H and O–H groups in total. The summed E-state index contributed by atoms with van der Waals surface area (Å²) in [5.74, 6) is 0.678. The van der Waals surface area contributed by atoms with E-state index in [4.69, 9.17) is 23.2 Å². The van der Waals surface area contributed by atoms with Gasteiger partial charge in [0.25, 0.3) is 0 Å². The van der Waals surface area contributed by atoms with Crippen LogP contribution in [0.5, 0.6) is 5.75 Å². The zero-order chi connectivity index (χ0) is 26.3. The zero-order valence-corrected chi connectivity index (χ0v) is 22.3. The highest BCUT2D eigenvalue weighted by Crippen LogP contribution is 2.38. The van der Waals surface area contributed by atoms with E-state index in [1.165, 1.54) is 6.92 Å². The number of carbonyl (C=O) groups excluding carboxylic acids is 1. The topological polar surface area (TPSA) is 81.6 Å². The van der Waals surface area contributed by atoms with Crippen LogP contribution < -0.4 is 10.2 Å². The van der Waals surface area contributed by atoms with Gasteiger partial charge in [0.05, 0.1) is 38.7 Å². The molecular formula is C28H27Cl2N5O2. The molecule has 9 heteroatoms. The average molecular weight is 536 g/mol. The van der Waals surface area contributed by atoms with Crippen molar-refractivity contribution in [2.24, 2.45) is 0 Å². The number of likely N-dealkylation sites (N-methyl/N-ethyl adjacent to an activating group) is 1. The molecule has 3 heterocycles. The van der Waals surface area contributed by atoms with Gasteiger partial charge in [-0.3, -0.25) is 9.78 Å². The van der Waals surface area contributed by atoms with Gasteiger partial charge < -0.3 is 20.2 Å². The molecule has 1 aliphatic heterocycles. The molecule has 1 unspecified atom stereocenters. The number of rotatable bonds is 6. The first kappa shape index (κ1) is 25.3. The maximum absolute atomic E-state index is 12.5. The summed E-state index contributed by atoms with van der Waals surface area (Å²) in [6, 6.07) is 13.5. The second-order valence-corrected chi connectivity index (χ2v) is 10.3. The fourth-order valence-corrected chi connectivity index (χ4v) is 5.16. The maximum Gasteiger partial charge on any atom is 0.163 e. The highest BCUT2D eigenvalue weighted by molar-refractivity contribution is 6.37. The predicted molar refractivity (Wildman–Crippen MR) is 151 cm³/mol. The van der Waals surface area contributed by atoms with Gasteiger partial charge in [-0.1, -0.05) is 29.3 Å². The number of fused-ring (bicyclic) bond motifs is 1. The minimum absolute atomic E-state index is 0.102. The molecule has 37 heavy (non-hydrogen) atoms. The lowest BCUT2D eigenvalue weighted by molar-refractivity contribution is 0.101. The Hall–Kier alpha value is -3.39. The number of nitrogens with one attached hydrogen (secondary N) is 1. The number of phenols is 1. The Bertz CT molecular complexity index is 1470. The lowest BCUT2D eigenvalue weighted by Crippen LogP contribution is -2.31. The van der Waals surface area contributed by atoms with Crippen LogP contribution in [-0.2, 0) is 0 Å². The summed E-state index contributed by atoms with van der Waals surface area (Å²) in [5.41, 5.74) is 4.18. The minimum atomic E-state index is -0.155. The van der Waals surface area contributed by atoms with Crippen LogP contribution in [0.25, 0.3) is 22.0 Å². The highest BCUT2D eigenvalue weighted by Gasteiger charge is 2.24. The molecule has 2 aromatic carbocycles. The van der Waals surface area contributed by atoms with Crippen LogP contribution in [0, 0.1) is 0 Å². The van der Waals surface area contributed by atoms with Crippen molar-refractivity contribution in [1.29, 1.82) is 0 Å². The number of aromatic hydroxyl groups is 1. The van der Waals surface area contributed by atoms with Gasteiger partial charge in [-0.2, -0.15) is 0 Å². The van der Waals surface area contributed by atoms with Crippen LogP contribution in [0.1, 0.15) is 23.7 Å². The van der Waals surface area contributed by atoms with E-state index in [9.17, 15) is 9.90 Å². The second kappa shape index (κ2) is 10.2. The number of hydrogen-bond acceptors (Lipinski definition) is 7. The number of benzene rings is 2. The van der Waals surface area contributed by atoms with Gasteiger partial charge >= 0.3 is 0 Å². The lowest BCUT2D eigenvalue weighted by atomic mass is 10.00. The molecule has 0 amide bonds. The van der Waals surface area contributed by atoms with Crippen molar-refractivity contribution in [2.45, 2.75) is 19.4 Å². The van der Waals surface area contributed by atoms with E-state index in [1.54, 1.807) is 24.5 Å². The third-order valence-electron chi connectivity index (χ3n) is 6.83. The van der Waals surface area contributed by atoms with E-state index >= 15 is 0 Å². The third-order valence-corrected chi connectivity index (χ3v) is 7.41. The molecule has 0 radical (unpaired) electrons. The monoisotopic (exact) mass is 535 g/mol. The molecule has 0 aliphatic carbocycles. The van der Waals surface area contributed by atoms with E-state index in [-0.39, 0.29) is 21.6 Å². The smallest absolute Gasteiger partial charge is 0.163 e. The summed E-state index contributed by atoms with van der Waals surface area (Å²) in [6.07, 6.45) is 4.49. The maximum atomic E-state index is 12.5. The molecule has 5 rings (SSSR count). The molecule has 1 fully saturated rings. The summed E-state index contributed by atoms with van der Waals surface area (Å²) in [5, 5.41) is 14.5. The summed E-state index contributed by atoms with van der Waals surface area (Å²) in [7, 11) is 4.22. The first-order valence-corrected chi connectivity index (χ1v) is 12.7. The van der Waals surface area contributed by atoms with Gasteiger partial charge in [0, 0.05) is 30.7 Å². The van der Waals surface area contributed by atoms with E-state index < -0.39 is 0 Å². The third kappa shape index (κ3) is 5.07. The number of anilines is 3. The lowest BCUT2D eigenvalue weighted by Gasteiger charge is -2.21. The fraction of sp³-hybridized carbons (Fsp3) is 0.250. The highest BCUT2D eigenvalue weighted by atomic mass is 35.5. The van der Waals surface area contributed by atoms with Crippen LogP contribution in [0.4, 0.5) is 17.2 Å². The van der Waals surface area contributed by atoms with Crippen molar-refractivity contribution in [3.05, 3.63) is 70.5 Å². The largest absolute Gasteiger partial charge is 0.505 e. The average Bonchev–Trinajstić information content (AvgIpc) is 3.38. The SMILES string of the molecule is CC(=O)c1cnc2ccc(-c3cc(Cl)c(O)c(Cl)c3)cc2c1Nc1ccc(N2CCC(N(C)C)C2)nc1. The molecule has 0 bridgehead atoms. The Labute approximate surface area is 225 Å². The van der Waals surface area contributed by atoms with Crippen molar-refractivity contribution in [3.63, 3.8) is 0 Å². The van der Waals surface area contributed by atoms with E-state index in [0.717, 1.165) is 53.0 Å². The number of carbonyl (C=O) groups is 1. The molecule has 7 nitrogen and oxygen atoms in total. The van der Waals surface area contributed by atoms with Crippen molar-refractivity contribution in [2.75, 3.05) is 37.4 Å². The predicted octanol–water partition coefficient (Wildman–Crippen LogP) is 6.40. The fourth-order valence-electron chi connectivity index (χ4n) is 4.67. The van der Waals surface area contributed by atoms with Crippen molar-refractivity contribution >= 4 is 57.1 Å².